The van der Waals surface area contributed by atoms with Gasteiger partial charge in [0.15, 0.2) is 0 Å². The molecule has 0 atom stereocenters. The van der Waals surface area contributed by atoms with E-state index in [1.165, 1.54) is 45.3 Å². The predicted molar refractivity (Wildman–Crippen MR) is 108 cm³/mol. The number of carboxylic acids is 2. The molecule has 0 aromatic heterocycles. The van der Waals surface area contributed by atoms with Gasteiger partial charge in [-0.3, -0.25) is 9.69 Å². The van der Waals surface area contributed by atoms with E-state index in [1.54, 1.807) is 0 Å². The van der Waals surface area contributed by atoms with Crippen molar-refractivity contribution in [2.24, 2.45) is 0 Å². The van der Waals surface area contributed by atoms with Gasteiger partial charge in [-0.1, -0.05) is 12.8 Å². The van der Waals surface area contributed by atoms with Crippen molar-refractivity contribution in [1.29, 1.82) is 0 Å². The maximum absolute atomic E-state index is 12.4. The third kappa shape index (κ3) is 8.83. The van der Waals surface area contributed by atoms with E-state index in [0.29, 0.717) is 0 Å². The van der Waals surface area contributed by atoms with E-state index >= 15 is 0 Å². The van der Waals surface area contributed by atoms with Crippen molar-refractivity contribution in [3.05, 3.63) is 29.3 Å². The first kappa shape index (κ1) is 25.6. The summed E-state index contributed by atoms with van der Waals surface area (Å²) in [5.41, 5.74) is 0.689. The fourth-order valence-corrected chi connectivity index (χ4v) is 2.87. The second-order valence-corrected chi connectivity index (χ2v) is 6.59. The quantitative estimate of drug-likeness (QED) is 0.451. The van der Waals surface area contributed by atoms with Crippen LogP contribution in [0.25, 0.3) is 0 Å². The third-order valence-corrected chi connectivity index (χ3v) is 4.37. The van der Waals surface area contributed by atoms with E-state index in [9.17, 15) is 14.4 Å². The van der Waals surface area contributed by atoms with Crippen LogP contribution in [-0.4, -0.2) is 78.8 Å². The number of hydrogen-bond acceptors (Lipinski definition) is 8. The monoisotopic (exact) mass is 438 g/mol. The molecule has 2 rings (SSSR count). The molecule has 1 amide bonds. The highest BCUT2D eigenvalue weighted by Gasteiger charge is 2.19. The number of carbonyl (C=O) groups excluding carboxylic acids is 3. The molecule has 1 aliphatic heterocycles. The van der Waals surface area contributed by atoms with Crippen LogP contribution in [0.3, 0.4) is 0 Å². The first-order valence-corrected chi connectivity index (χ1v) is 9.48. The Hall–Kier alpha value is -3.47. The number of amides is 1. The Balaban J connectivity index is 0.000000703. The number of ether oxygens (including phenoxy) is 2. The zero-order valence-corrected chi connectivity index (χ0v) is 17.4. The summed E-state index contributed by atoms with van der Waals surface area (Å²) >= 11 is 0. The highest BCUT2D eigenvalue weighted by molar-refractivity contribution is 6.27. The van der Waals surface area contributed by atoms with Crippen molar-refractivity contribution in [3.63, 3.8) is 0 Å². The number of benzene rings is 1. The molecule has 11 nitrogen and oxygen atoms in total. The van der Waals surface area contributed by atoms with Crippen LogP contribution in [0.5, 0.6) is 0 Å². The van der Waals surface area contributed by atoms with Crippen LogP contribution in [0.1, 0.15) is 46.4 Å². The molecule has 1 fully saturated rings. The van der Waals surface area contributed by atoms with Gasteiger partial charge in [0.2, 0.25) is 5.91 Å². The molecular weight excluding hydrogens is 412 g/mol. The van der Waals surface area contributed by atoms with Crippen molar-refractivity contribution in [2.75, 3.05) is 39.2 Å². The second-order valence-electron chi connectivity index (χ2n) is 6.59. The summed E-state index contributed by atoms with van der Waals surface area (Å²) in [4.78, 5) is 56.3. The van der Waals surface area contributed by atoms with Crippen LogP contribution in [0.4, 0.5) is 5.69 Å². The van der Waals surface area contributed by atoms with Crippen LogP contribution >= 0.6 is 0 Å². The molecular formula is C20H26N2O9. The van der Waals surface area contributed by atoms with E-state index in [-0.39, 0.29) is 29.3 Å². The number of aliphatic carboxylic acids is 2. The van der Waals surface area contributed by atoms with Crippen molar-refractivity contribution >= 4 is 35.5 Å². The second kappa shape index (κ2) is 13.0. The summed E-state index contributed by atoms with van der Waals surface area (Å²) < 4.78 is 9.42. The number of esters is 2. The Bertz CT molecular complexity index is 803. The smallest absolute Gasteiger partial charge is 0.414 e. The Morgan fingerprint density at radius 2 is 1.45 bits per heavy atom. The molecule has 1 aromatic carbocycles. The summed E-state index contributed by atoms with van der Waals surface area (Å²) in [6, 6.07) is 4.33. The molecule has 1 saturated heterocycles. The van der Waals surface area contributed by atoms with Gasteiger partial charge < -0.3 is 25.0 Å². The molecule has 0 saturated carbocycles. The molecule has 1 aromatic rings. The van der Waals surface area contributed by atoms with E-state index < -0.39 is 23.9 Å². The molecule has 0 spiro atoms. The van der Waals surface area contributed by atoms with Crippen molar-refractivity contribution in [3.8, 4) is 0 Å². The van der Waals surface area contributed by atoms with E-state index in [4.69, 9.17) is 24.5 Å². The van der Waals surface area contributed by atoms with Crippen molar-refractivity contribution in [2.45, 2.75) is 25.7 Å². The Morgan fingerprint density at radius 3 is 1.94 bits per heavy atom. The average molecular weight is 438 g/mol. The molecule has 0 bridgehead atoms. The lowest BCUT2D eigenvalue weighted by Crippen LogP contribution is -2.34. The van der Waals surface area contributed by atoms with Gasteiger partial charge in [0.05, 0.1) is 37.6 Å². The Kier molecular flexibility index (Phi) is 10.7. The fourth-order valence-electron chi connectivity index (χ4n) is 2.87. The first-order valence-electron chi connectivity index (χ1n) is 9.48. The Morgan fingerprint density at radius 1 is 0.903 bits per heavy atom. The topological polar surface area (TPSA) is 160 Å². The molecule has 0 radical (unpaired) electrons. The number of carboxylic acid groups (broad SMARTS) is 2. The summed E-state index contributed by atoms with van der Waals surface area (Å²) in [6.45, 7) is 2.03. The highest BCUT2D eigenvalue weighted by Crippen LogP contribution is 2.20. The summed E-state index contributed by atoms with van der Waals surface area (Å²) in [5, 5.41) is 17.5. The number of nitrogens with one attached hydrogen (secondary N) is 1. The molecule has 3 N–H and O–H groups in total. The zero-order valence-electron chi connectivity index (χ0n) is 17.4. The maximum atomic E-state index is 12.4. The van der Waals surface area contributed by atoms with Crippen molar-refractivity contribution in [1.82, 2.24) is 4.90 Å². The van der Waals surface area contributed by atoms with Gasteiger partial charge in [-0.25, -0.2) is 19.2 Å². The number of carbonyl (C=O) groups is 5. The summed E-state index contributed by atoms with van der Waals surface area (Å²) in [7, 11) is 2.54. The molecule has 0 aliphatic carbocycles. The maximum Gasteiger partial charge on any atom is 0.414 e. The van der Waals surface area contributed by atoms with E-state index in [1.807, 2.05) is 0 Å². The van der Waals surface area contributed by atoms with Crippen LogP contribution in [-0.2, 0) is 23.9 Å². The minimum Gasteiger partial charge on any atom is -0.473 e. The standard InChI is InChI=1S/C18H24N2O5.C2H2O4/c1-24-17(22)13-7-8-14(18(23)25-2)15(11-13)19-16(21)12-20-9-5-3-4-6-10-20;3-1(4)2(5)6/h7-8,11H,3-6,9-10,12H2,1-2H3,(H,19,21);(H,3,4)(H,5,6). The van der Waals surface area contributed by atoms with Gasteiger partial charge in [0, 0.05) is 0 Å². The summed E-state index contributed by atoms with van der Waals surface area (Å²) in [6.07, 6.45) is 4.54. The molecule has 11 heteroatoms. The van der Waals surface area contributed by atoms with Crippen LogP contribution in [0, 0.1) is 0 Å². The zero-order chi connectivity index (χ0) is 23.4. The minimum atomic E-state index is -1.82. The van der Waals surface area contributed by atoms with Gasteiger partial charge in [0.1, 0.15) is 0 Å². The molecule has 1 heterocycles. The number of anilines is 1. The number of rotatable bonds is 5. The average Bonchev–Trinajstić information content (AvgIpc) is 3.01. The van der Waals surface area contributed by atoms with Gasteiger partial charge >= 0.3 is 23.9 Å². The number of likely N-dealkylation sites (tertiary alicyclic amines) is 1. The number of hydrogen-bond donors (Lipinski definition) is 3. The first-order chi connectivity index (χ1) is 14.7. The van der Waals surface area contributed by atoms with E-state index in [0.717, 1.165) is 25.9 Å². The lowest BCUT2D eigenvalue weighted by Gasteiger charge is -2.19. The lowest BCUT2D eigenvalue weighted by atomic mass is 10.1. The highest BCUT2D eigenvalue weighted by atomic mass is 16.5. The molecule has 170 valence electrons. The van der Waals surface area contributed by atoms with Crippen LogP contribution in [0.15, 0.2) is 18.2 Å². The van der Waals surface area contributed by atoms with Crippen LogP contribution < -0.4 is 5.32 Å². The van der Waals surface area contributed by atoms with Gasteiger partial charge in [-0.15, -0.1) is 0 Å². The Labute approximate surface area is 178 Å². The third-order valence-electron chi connectivity index (χ3n) is 4.37. The number of methoxy groups -OCH3 is 2. The molecule has 1 aliphatic rings. The van der Waals surface area contributed by atoms with Crippen LogP contribution in [0.2, 0.25) is 0 Å². The largest absolute Gasteiger partial charge is 0.473 e. The predicted octanol–water partition coefficient (Wildman–Crippen LogP) is 1.23. The SMILES string of the molecule is COC(=O)c1ccc(C(=O)OC)c(NC(=O)CN2CCCCCC2)c1.O=C(O)C(=O)O. The van der Waals surface area contributed by atoms with E-state index in [2.05, 4.69) is 15.0 Å². The van der Waals surface area contributed by atoms with Gasteiger partial charge in [-0.05, 0) is 44.1 Å². The normalized spacial score (nSPS) is 13.6. The van der Waals surface area contributed by atoms with Gasteiger partial charge in [-0.2, -0.15) is 0 Å². The minimum absolute atomic E-state index is 0.194. The number of nitrogens with zero attached hydrogens (tertiary/aromatic N) is 1. The van der Waals surface area contributed by atoms with Crippen molar-refractivity contribution < 1.29 is 43.7 Å². The molecule has 0 unspecified atom stereocenters. The lowest BCUT2D eigenvalue weighted by molar-refractivity contribution is -0.159. The fraction of sp³-hybridized carbons (Fsp3) is 0.450. The van der Waals surface area contributed by atoms with Gasteiger partial charge in [0.25, 0.3) is 0 Å². The molecule has 31 heavy (non-hydrogen) atoms. The summed E-state index contributed by atoms with van der Waals surface area (Å²) in [5.74, 6) is -5.00.